The predicted octanol–water partition coefficient (Wildman–Crippen LogP) is 1.06. The number of hydrogen-bond donors (Lipinski definition) is 1. The Balaban J connectivity index is 1.70. The fraction of sp³-hybridized carbons (Fsp3) is 0.500. The number of rotatable bonds is 5. The van der Waals surface area contributed by atoms with Crippen molar-refractivity contribution in [1.82, 2.24) is 15.2 Å². The molecule has 7 nitrogen and oxygen atoms in total. The van der Waals surface area contributed by atoms with E-state index >= 15 is 0 Å². The van der Waals surface area contributed by atoms with Gasteiger partial charge < -0.3 is 14.7 Å². The second kappa shape index (κ2) is 7.33. The van der Waals surface area contributed by atoms with Gasteiger partial charge in [-0.3, -0.25) is 4.79 Å². The highest BCUT2D eigenvalue weighted by molar-refractivity contribution is 5.78. The number of nitrogens with zero attached hydrogens (tertiary/aromatic N) is 3. The molecule has 3 rings (SSSR count). The second-order valence-electron chi connectivity index (χ2n) is 6.64. The number of aryl methyl sites for hydroxylation is 2. The van der Waals surface area contributed by atoms with Gasteiger partial charge in [-0.15, -0.1) is 0 Å². The molecule has 1 aromatic carbocycles. The minimum Gasteiger partial charge on any atom is -0.393 e. The van der Waals surface area contributed by atoms with Crippen LogP contribution in [0.4, 0.5) is 0 Å². The van der Waals surface area contributed by atoms with Crippen molar-refractivity contribution in [2.75, 3.05) is 26.3 Å². The van der Waals surface area contributed by atoms with Crippen LogP contribution in [0.5, 0.6) is 0 Å². The maximum absolute atomic E-state index is 12.6. The van der Waals surface area contributed by atoms with Crippen LogP contribution < -0.4 is 0 Å². The summed E-state index contributed by atoms with van der Waals surface area (Å²) in [7, 11) is 0. The number of carbonyl (C=O) groups excluding carboxylic acids is 1. The van der Waals surface area contributed by atoms with Crippen LogP contribution in [-0.4, -0.2) is 58.1 Å². The van der Waals surface area contributed by atoms with Crippen molar-refractivity contribution < 1.29 is 19.3 Å². The minimum atomic E-state index is -0.777. The summed E-state index contributed by atoms with van der Waals surface area (Å²) in [4.78, 5) is 14.3. The van der Waals surface area contributed by atoms with Gasteiger partial charge in [-0.05, 0) is 19.4 Å². The maximum Gasteiger partial charge on any atom is 0.228 e. The van der Waals surface area contributed by atoms with Crippen molar-refractivity contribution in [1.29, 1.82) is 0 Å². The summed E-state index contributed by atoms with van der Waals surface area (Å²) in [6.45, 7) is 4.89. The Kier molecular flexibility index (Phi) is 5.15. The lowest BCUT2D eigenvalue weighted by Crippen LogP contribution is -2.57. The van der Waals surface area contributed by atoms with E-state index in [0.717, 1.165) is 5.56 Å². The van der Waals surface area contributed by atoms with Gasteiger partial charge in [-0.1, -0.05) is 40.1 Å². The summed E-state index contributed by atoms with van der Waals surface area (Å²) in [5.74, 6) is -0.0659. The highest BCUT2D eigenvalue weighted by atomic mass is 16.6. The molecule has 1 N–H and O–H groups in total. The number of hydrogen-bond acceptors (Lipinski definition) is 6. The molecule has 1 atom stereocenters. The molecule has 0 unspecified atom stereocenters. The number of morpholine rings is 1. The molecule has 25 heavy (non-hydrogen) atoms. The average molecular weight is 345 g/mol. The monoisotopic (exact) mass is 345 g/mol. The van der Waals surface area contributed by atoms with Crippen LogP contribution in [-0.2, 0) is 22.4 Å². The third-order valence-electron chi connectivity index (χ3n) is 4.60. The van der Waals surface area contributed by atoms with Crippen molar-refractivity contribution in [2.45, 2.75) is 32.3 Å². The summed E-state index contributed by atoms with van der Waals surface area (Å²) in [6, 6.07) is 8.13. The first-order valence-corrected chi connectivity index (χ1v) is 8.37. The van der Waals surface area contributed by atoms with Gasteiger partial charge in [0, 0.05) is 13.0 Å². The Morgan fingerprint density at radius 2 is 2.04 bits per heavy atom. The van der Waals surface area contributed by atoms with Crippen LogP contribution in [0.3, 0.4) is 0 Å². The topological polar surface area (TPSA) is 88.7 Å². The lowest BCUT2D eigenvalue weighted by Gasteiger charge is -2.42. The fourth-order valence-corrected chi connectivity index (χ4v) is 3.06. The zero-order chi connectivity index (χ0) is 17.9. The molecule has 0 saturated carbocycles. The first-order chi connectivity index (χ1) is 12.0. The highest BCUT2D eigenvalue weighted by Crippen LogP contribution is 2.24. The molecule has 2 aromatic rings. The zero-order valence-electron chi connectivity index (χ0n) is 14.6. The van der Waals surface area contributed by atoms with Gasteiger partial charge in [0.1, 0.15) is 17.0 Å². The van der Waals surface area contributed by atoms with E-state index in [4.69, 9.17) is 4.74 Å². The Labute approximate surface area is 146 Å². The van der Waals surface area contributed by atoms with Crippen LogP contribution in [0.2, 0.25) is 0 Å². The highest BCUT2D eigenvalue weighted by Gasteiger charge is 2.38. The number of ether oxygens (including phenoxy) is 1. The van der Waals surface area contributed by atoms with Crippen molar-refractivity contribution in [2.24, 2.45) is 0 Å². The lowest BCUT2D eigenvalue weighted by molar-refractivity contribution is -0.157. The number of benzene rings is 1. The van der Waals surface area contributed by atoms with Gasteiger partial charge in [-0.25, -0.2) is 4.63 Å². The zero-order valence-corrected chi connectivity index (χ0v) is 14.6. The summed E-state index contributed by atoms with van der Waals surface area (Å²) in [6.07, 6.45) is 0.694. The number of carbonyl (C=O) groups is 1. The fourth-order valence-electron chi connectivity index (χ4n) is 3.06. The Hall–Kier alpha value is -2.25. The minimum absolute atomic E-state index is 0.0659. The summed E-state index contributed by atoms with van der Waals surface area (Å²) >= 11 is 0. The Morgan fingerprint density at radius 1 is 1.28 bits per heavy atom. The van der Waals surface area contributed by atoms with Crippen LogP contribution in [0.25, 0.3) is 0 Å². The van der Waals surface area contributed by atoms with E-state index in [2.05, 4.69) is 14.9 Å². The molecule has 0 spiro atoms. The molecular formula is C18H23N3O4. The quantitative estimate of drug-likeness (QED) is 0.872. The van der Waals surface area contributed by atoms with Crippen LogP contribution in [0.1, 0.15) is 22.5 Å². The molecule has 0 aliphatic carbocycles. The molecule has 0 bridgehead atoms. The first kappa shape index (κ1) is 17.6. The van der Waals surface area contributed by atoms with Crippen molar-refractivity contribution in [3.63, 3.8) is 0 Å². The molecule has 1 saturated heterocycles. The summed E-state index contributed by atoms with van der Waals surface area (Å²) in [5.41, 5.74) is 2.64. The molecule has 134 valence electrons. The van der Waals surface area contributed by atoms with Crippen LogP contribution in [0, 0.1) is 13.8 Å². The largest absolute Gasteiger partial charge is 0.393 e. The first-order valence-electron chi connectivity index (χ1n) is 8.37. The van der Waals surface area contributed by atoms with Gasteiger partial charge in [0.05, 0.1) is 26.2 Å². The molecule has 1 aliphatic heterocycles. The molecule has 1 aromatic heterocycles. The molecule has 7 heteroatoms. The lowest BCUT2D eigenvalue weighted by atomic mass is 9.92. The molecule has 0 radical (unpaired) electrons. The normalized spacial score (nSPS) is 20.7. The molecule has 1 aliphatic rings. The Bertz CT molecular complexity index is 728. The van der Waals surface area contributed by atoms with E-state index in [-0.39, 0.29) is 18.9 Å². The van der Waals surface area contributed by atoms with E-state index in [1.807, 2.05) is 31.2 Å². The van der Waals surface area contributed by atoms with Gasteiger partial charge >= 0.3 is 0 Å². The van der Waals surface area contributed by atoms with E-state index in [9.17, 15) is 9.90 Å². The van der Waals surface area contributed by atoms with Gasteiger partial charge in [-0.2, -0.15) is 0 Å². The van der Waals surface area contributed by atoms with E-state index in [1.165, 1.54) is 5.56 Å². The number of amides is 1. The summed E-state index contributed by atoms with van der Waals surface area (Å²) in [5, 5.41) is 17.4. The third-order valence-corrected chi connectivity index (χ3v) is 4.60. The van der Waals surface area contributed by atoms with Crippen LogP contribution in [0.15, 0.2) is 28.9 Å². The van der Waals surface area contributed by atoms with Crippen molar-refractivity contribution in [3.8, 4) is 0 Å². The Morgan fingerprint density at radius 3 is 2.68 bits per heavy atom. The molecular weight excluding hydrogens is 322 g/mol. The van der Waals surface area contributed by atoms with Crippen molar-refractivity contribution in [3.05, 3.63) is 46.8 Å². The van der Waals surface area contributed by atoms with E-state index in [1.54, 1.807) is 11.8 Å². The number of aliphatic hydroxyl groups is 1. The smallest absolute Gasteiger partial charge is 0.228 e. The SMILES string of the molecule is Cc1ccc(C[C@]2(CO)CN(C(=O)Cc3nonc3C)CCO2)cc1. The van der Waals surface area contributed by atoms with E-state index < -0.39 is 5.60 Å². The number of aliphatic hydroxyl groups excluding tert-OH is 1. The van der Waals surface area contributed by atoms with E-state index in [0.29, 0.717) is 37.5 Å². The third kappa shape index (κ3) is 4.05. The standard InChI is InChI=1S/C18H23N3O4/c1-13-3-5-15(6-4-13)10-18(12-22)11-21(7-8-24-18)17(23)9-16-14(2)19-25-20-16/h3-6,22H,7-12H2,1-2H3/t18-/m1/s1. The predicted molar refractivity (Wildman–Crippen MR) is 90.0 cm³/mol. The molecule has 2 heterocycles. The van der Waals surface area contributed by atoms with Gasteiger partial charge in [0.15, 0.2) is 0 Å². The maximum atomic E-state index is 12.6. The summed E-state index contributed by atoms with van der Waals surface area (Å²) < 4.78 is 10.5. The van der Waals surface area contributed by atoms with Crippen LogP contribution >= 0.6 is 0 Å². The second-order valence-corrected chi connectivity index (χ2v) is 6.64. The average Bonchev–Trinajstić information content (AvgIpc) is 3.02. The molecule has 1 fully saturated rings. The van der Waals surface area contributed by atoms with Crippen molar-refractivity contribution >= 4 is 5.91 Å². The molecule has 1 amide bonds. The van der Waals surface area contributed by atoms with Gasteiger partial charge in [0.2, 0.25) is 5.91 Å². The van der Waals surface area contributed by atoms with Gasteiger partial charge in [0.25, 0.3) is 0 Å². The number of aromatic nitrogens is 2.